The van der Waals surface area contributed by atoms with Crippen molar-refractivity contribution in [2.45, 2.75) is 31.7 Å². The van der Waals surface area contributed by atoms with Crippen molar-refractivity contribution < 1.29 is 9.59 Å². The number of pyridine rings is 1. The summed E-state index contributed by atoms with van der Waals surface area (Å²) in [7, 11) is 1.79. The number of nitrogens with one attached hydrogen (secondary N) is 1. The first kappa shape index (κ1) is 15.8. The number of aromatic nitrogens is 1. The molecule has 124 valence electrons. The molecule has 1 unspecified atom stereocenters. The van der Waals surface area contributed by atoms with Gasteiger partial charge >= 0.3 is 6.03 Å². The fourth-order valence-corrected chi connectivity index (χ4v) is 2.98. The van der Waals surface area contributed by atoms with Gasteiger partial charge in [-0.2, -0.15) is 0 Å². The molecule has 1 aromatic rings. The standard InChI is InChI=1S/C17H24N4O2/c1-20(9-7-14-4-2-3-8-18-14)17(23)19-11-13-10-16(22)21(12-13)15-5-6-15/h2-4,8,13,15H,5-7,9-12H2,1H3,(H,19,23). The second-order valence-electron chi connectivity index (χ2n) is 6.53. The molecule has 3 amide bonds. The van der Waals surface area contributed by atoms with E-state index in [1.165, 1.54) is 0 Å². The van der Waals surface area contributed by atoms with Gasteiger partial charge in [0.1, 0.15) is 0 Å². The van der Waals surface area contributed by atoms with Gasteiger partial charge in [-0.1, -0.05) is 6.07 Å². The lowest BCUT2D eigenvalue weighted by molar-refractivity contribution is -0.128. The molecule has 0 spiro atoms. The molecule has 1 atom stereocenters. The van der Waals surface area contributed by atoms with E-state index < -0.39 is 0 Å². The summed E-state index contributed by atoms with van der Waals surface area (Å²) in [6, 6.07) is 6.18. The molecule has 0 radical (unpaired) electrons. The Morgan fingerprint density at radius 1 is 1.43 bits per heavy atom. The van der Waals surface area contributed by atoms with Gasteiger partial charge in [-0.05, 0) is 25.0 Å². The van der Waals surface area contributed by atoms with E-state index in [1.54, 1.807) is 18.1 Å². The van der Waals surface area contributed by atoms with E-state index in [-0.39, 0.29) is 17.9 Å². The van der Waals surface area contributed by atoms with Gasteiger partial charge in [0.2, 0.25) is 5.91 Å². The highest BCUT2D eigenvalue weighted by atomic mass is 16.2. The van der Waals surface area contributed by atoms with E-state index >= 15 is 0 Å². The minimum atomic E-state index is -0.0850. The molecule has 23 heavy (non-hydrogen) atoms. The molecular formula is C17H24N4O2. The van der Waals surface area contributed by atoms with Gasteiger partial charge in [0.15, 0.2) is 0 Å². The summed E-state index contributed by atoms with van der Waals surface area (Å²) < 4.78 is 0. The van der Waals surface area contributed by atoms with Crippen LogP contribution in [-0.2, 0) is 11.2 Å². The average molecular weight is 316 g/mol. The molecule has 2 fully saturated rings. The van der Waals surface area contributed by atoms with Crippen LogP contribution in [0.25, 0.3) is 0 Å². The average Bonchev–Trinajstić information content (AvgIpc) is 3.34. The molecule has 6 heteroatoms. The van der Waals surface area contributed by atoms with Crippen LogP contribution in [0, 0.1) is 5.92 Å². The number of likely N-dealkylation sites (N-methyl/N-ethyl adjacent to an activating group) is 1. The fourth-order valence-electron chi connectivity index (χ4n) is 2.98. The largest absolute Gasteiger partial charge is 0.339 e. The van der Waals surface area contributed by atoms with Crippen LogP contribution in [0.4, 0.5) is 4.79 Å². The van der Waals surface area contributed by atoms with Crippen LogP contribution < -0.4 is 5.32 Å². The molecule has 1 saturated carbocycles. The van der Waals surface area contributed by atoms with Gasteiger partial charge in [0, 0.05) is 63.4 Å². The van der Waals surface area contributed by atoms with Gasteiger partial charge < -0.3 is 15.1 Å². The molecule has 1 saturated heterocycles. The van der Waals surface area contributed by atoms with Gasteiger partial charge in [0.25, 0.3) is 0 Å². The van der Waals surface area contributed by atoms with Gasteiger partial charge in [-0.3, -0.25) is 9.78 Å². The molecule has 3 rings (SSSR count). The Morgan fingerprint density at radius 2 is 2.26 bits per heavy atom. The van der Waals surface area contributed by atoms with Crippen molar-refractivity contribution in [1.82, 2.24) is 20.1 Å². The van der Waals surface area contributed by atoms with Gasteiger partial charge in [-0.25, -0.2) is 4.79 Å². The SMILES string of the molecule is CN(CCc1ccccn1)C(=O)NCC1CC(=O)N(C2CC2)C1. The first-order valence-electron chi connectivity index (χ1n) is 8.32. The summed E-state index contributed by atoms with van der Waals surface area (Å²) in [4.78, 5) is 31.9. The number of carbonyl (C=O) groups is 2. The lowest BCUT2D eigenvalue weighted by Crippen LogP contribution is -2.41. The summed E-state index contributed by atoms with van der Waals surface area (Å²) in [5.41, 5.74) is 0.980. The maximum absolute atomic E-state index is 12.1. The molecular weight excluding hydrogens is 292 g/mol. The number of hydrogen-bond donors (Lipinski definition) is 1. The van der Waals surface area contributed by atoms with E-state index in [9.17, 15) is 9.59 Å². The second kappa shape index (κ2) is 6.98. The lowest BCUT2D eigenvalue weighted by atomic mass is 10.1. The van der Waals surface area contributed by atoms with Crippen LogP contribution in [0.5, 0.6) is 0 Å². The molecule has 2 heterocycles. The number of rotatable bonds is 6. The van der Waals surface area contributed by atoms with E-state index in [2.05, 4.69) is 10.3 Å². The molecule has 2 aliphatic rings. The maximum Gasteiger partial charge on any atom is 0.317 e. The minimum Gasteiger partial charge on any atom is -0.339 e. The Balaban J connectivity index is 1.38. The predicted molar refractivity (Wildman–Crippen MR) is 86.8 cm³/mol. The Morgan fingerprint density at radius 3 is 2.96 bits per heavy atom. The first-order chi connectivity index (χ1) is 11.1. The lowest BCUT2D eigenvalue weighted by Gasteiger charge is -2.19. The number of carbonyl (C=O) groups excluding carboxylic acids is 2. The Hall–Kier alpha value is -2.11. The molecule has 1 N–H and O–H groups in total. The van der Waals surface area contributed by atoms with Crippen molar-refractivity contribution in [1.29, 1.82) is 0 Å². The van der Waals surface area contributed by atoms with E-state index in [0.29, 0.717) is 25.6 Å². The Labute approximate surface area is 136 Å². The van der Waals surface area contributed by atoms with Crippen molar-refractivity contribution in [2.75, 3.05) is 26.7 Å². The highest BCUT2D eigenvalue weighted by Crippen LogP contribution is 2.32. The molecule has 0 bridgehead atoms. The summed E-state index contributed by atoms with van der Waals surface area (Å²) >= 11 is 0. The van der Waals surface area contributed by atoms with Crippen molar-refractivity contribution in [3.8, 4) is 0 Å². The van der Waals surface area contributed by atoms with Crippen LogP contribution in [0.3, 0.4) is 0 Å². The van der Waals surface area contributed by atoms with Crippen LogP contribution in [0.1, 0.15) is 25.0 Å². The third-order valence-electron chi connectivity index (χ3n) is 4.54. The normalized spacial score (nSPS) is 20.7. The Bertz CT molecular complexity index is 559. The van der Waals surface area contributed by atoms with Gasteiger partial charge in [0.05, 0.1) is 0 Å². The summed E-state index contributed by atoms with van der Waals surface area (Å²) in [6.45, 7) is 1.99. The van der Waals surface area contributed by atoms with Crippen molar-refractivity contribution in [3.63, 3.8) is 0 Å². The van der Waals surface area contributed by atoms with Crippen LogP contribution in [-0.4, -0.2) is 59.4 Å². The third-order valence-corrected chi connectivity index (χ3v) is 4.54. The van der Waals surface area contributed by atoms with Gasteiger partial charge in [-0.15, -0.1) is 0 Å². The van der Waals surface area contributed by atoms with E-state index in [0.717, 1.165) is 31.5 Å². The van der Waals surface area contributed by atoms with Crippen LogP contribution >= 0.6 is 0 Å². The van der Waals surface area contributed by atoms with Crippen LogP contribution in [0.15, 0.2) is 24.4 Å². The molecule has 6 nitrogen and oxygen atoms in total. The summed E-state index contributed by atoms with van der Waals surface area (Å²) in [5.74, 6) is 0.492. The highest BCUT2D eigenvalue weighted by molar-refractivity contribution is 5.79. The van der Waals surface area contributed by atoms with Crippen molar-refractivity contribution in [2.24, 2.45) is 5.92 Å². The minimum absolute atomic E-state index is 0.0850. The number of urea groups is 1. The monoisotopic (exact) mass is 316 g/mol. The number of amides is 3. The van der Waals surface area contributed by atoms with E-state index in [1.807, 2.05) is 23.1 Å². The number of nitrogens with zero attached hydrogens (tertiary/aromatic N) is 3. The van der Waals surface area contributed by atoms with E-state index in [4.69, 9.17) is 0 Å². The number of hydrogen-bond acceptors (Lipinski definition) is 3. The zero-order chi connectivity index (χ0) is 16.2. The third kappa shape index (κ3) is 4.21. The fraction of sp³-hybridized carbons (Fsp3) is 0.588. The molecule has 1 aliphatic heterocycles. The molecule has 0 aromatic carbocycles. The first-order valence-corrected chi connectivity index (χ1v) is 8.32. The second-order valence-corrected chi connectivity index (χ2v) is 6.53. The summed E-state index contributed by atoms with van der Waals surface area (Å²) in [5, 5.41) is 2.95. The smallest absolute Gasteiger partial charge is 0.317 e. The Kier molecular flexibility index (Phi) is 4.79. The van der Waals surface area contributed by atoms with Crippen molar-refractivity contribution >= 4 is 11.9 Å². The quantitative estimate of drug-likeness (QED) is 0.860. The topological polar surface area (TPSA) is 65.5 Å². The number of likely N-dealkylation sites (tertiary alicyclic amines) is 1. The molecule has 1 aliphatic carbocycles. The predicted octanol–water partition coefficient (Wildman–Crippen LogP) is 1.28. The van der Waals surface area contributed by atoms with Crippen molar-refractivity contribution in [3.05, 3.63) is 30.1 Å². The highest BCUT2D eigenvalue weighted by Gasteiger charge is 2.39. The maximum atomic E-state index is 12.1. The molecule has 1 aromatic heterocycles. The van der Waals surface area contributed by atoms with Crippen LogP contribution in [0.2, 0.25) is 0 Å². The zero-order valence-corrected chi connectivity index (χ0v) is 13.6. The zero-order valence-electron chi connectivity index (χ0n) is 13.6. The summed E-state index contributed by atoms with van der Waals surface area (Å²) in [6.07, 6.45) is 5.34.